The zero-order valence-corrected chi connectivity index (χ0v) is 20.7. The molecule has 2 aliphatic rings. The number of nitrogens with zero attached hydrogens (tertiary/aromatic N) is 2. The van der Waals surface area contributed by atoms with Crippen molar-refractivity contribution >= 4 is 53.1 Å². The second-order valence-corrected chi connectivity index (χ2v) is 11.0. The highest BCUT2D eigenvalue weighted by atomic mass is 32.2. The fourth-order valence-electron chi connectivity index (χ4n) is 3.70. The number of nitrogens with one attached hydrogen (secondary N) is 1. The smallest absolute Gasteiger partial charge is 0.253 e. The maximum Gasteiger partial charge on any atom is 0.253 e. The number of hydrogen-bond donors (Lipinski definition) is 2. The van der Waals surface area contributed by atoms with Gasteiger partial charge in [0.15, 0.2) is 0 Å². The third kappa shape index (κ3) is 5.43. The van der Waals surface area contributed by atoms with Crippen molar-refractivity contribution in [2.75, 3.05) is 18.1 Å². The minimum Gasteiger partial charge on any atom is -0.543 e. The van der Waals surface area contributed by atoms with Crippen LogP contribution in [0.5, 0.6) is 0 Å². The number of hydrogen-bond acceptors (Lipinski definition) is 8. The number of thioether (sulfide) groups is 3. The van der Waals surface area contributed by atoms with E-state index in [4.69, 9.17) is 0 Å². The predicted molar refractivity (Wildman–Crippen MR) is 131 cm³/mol. The van der Waals surface area contributed by atoms with E-state index in [0.717, 1.165) is 34.1 Å². The first-order valence-electron chi connectivity index (χ1n) is 10.7. The number of benzene rings is 1. The zero-order valence-electron chi connectivity index (χ0n) is 18.3. The summed E-state index contributed by atoms with van der Waals surface area (Å²) in [6, 6.07) is 10.3. The lowest BCUT2D eigenvalue weighted by Crippen LogP contribution is -2.71. The van der Waals surface area contributed by atoms with Crippen molar-refractivity contribution < 1.29 is 25.2 Å². The van der Waals surface area contributed by atoms with Crippen LogP contribution < -0.4 is 16.2 Å². The van der Waals surface area contributed by atoms with Crippen molar-refractivity contribution in [3.63, 3.8) is 0 Å². The molecule has 1 aromatic carbocycles. The lowest BCUT2D eigenvalue weighted by Gasteiger charge is -2.50. The largest absolute Gasteiger partial charge is 0.543 e. The molecule has 34 heavy (non-hydrogen) atoms. The number of pyridine rings is 1. The molecule has 178 valence electrons. The highest BCUT2D eigenvalue weighted by Crippen LogP contribution is 2.45. The Balaban J connectivity index is 1.48. The van der Waals surface area contributed by atoms with Gasteiger partial charge in [-0.3, -0.25) is 19.5 Å². The molecule has 11 heteroatoms. The summed E-state index contributed by atoms with van der Waals surface area (Å²) in [5.74, 6) is -0.0304. The summed E-state index contributed by atoms with van der Waals surface area (Å²) in [7, 11) is 0. The second-order valence-electron chi connectivity index (χ2n) is 7.67. The van der Waals surface area contributed by atoms with Gasteiger partial charge in [0.1, 0.15) is 11.4 Å². The van der Waals surface area contributed by atoms with E-state index in [1.54, 1.807) is 24.2 Å². The Morgan fingerprint density at radius 2 is 2.06 bits per heavy atom. The van der Waals surface area contributed by atoms with Gasteiger partial charge in [-0.2, -0.15) is 11.8 Å². The Morgan fingerprint density at radius 1 is 1.26 bits per heavy atom. The zero-order chi connectivity index (χ0) is 24.1. The molecule has 2 aromatic rings. The Morgan fingerprint density at radius 3 is 2.79 bits per heavy atom. The van der Waals surface area contributed by atoms with E-state index in [9.17, 15) is 19.5 Å². The van der Waals surface area contributed by atoms with Crippen molar-refractivity contribution in [2.24, 2.45) is 0 Å². The molecule has 0 saturated carbocycles. The lowest BCUT2D eigenvalue weighted by molar-refractivity contribution is -0.360. The average Bonchev–Trinajstić information content (AvgIpc) is 2.84. The summed E-state index contributed by atoms with van der Waals surface area (Å²) >= 11 is 4.51. The maximum atomic E-state index is 12.9. The molecule has 0 aliphatic carbocycles. The number of amides is 2. The van der Waals surface area contributed by atoms with E-state index < -0.39 is 23.3 Å². The van der Waals surface area contributed by atoms with Crippen LogP contribution in [0.2, 0.25) is 0 Å². The first-order chi connectivity index (χ1) is 16.5. The molecule has 0 unspecified atom stereocenters. The summed E-state index contributed by atoms with van der Waals surface area (Å²) in [4.78, 5) is 44.3. The number of aromatic nitrogens is 1. The van der Waals surface area contributed by atoms with E-state index in [1.807, 2.05) is 36.4 Å². The Kier molecular flexibility index (Phi) is 8.19. The molecule has 0 bridgehead atoms. The topological polar surface area (TPSA) is 130 Å². The van der Waals surface area contributed by atoms with Crippen LogP contribution in [0, 0.1) is 0 Å². The van der Waals surface area contributed by atoms with Gasteiger partial charge in [-0.1, -0.05) is 42.1 Å². The first kappa shape index (κ1) is 24.6. The van der Waals surface area contributed by atoms with Crippen molar-refractivity contribution in [3.8, 4) is 0 Å². The van der Waals surface area contributed by atoms with Crippen LogP contribution in [0.25, 0.3) is 0 Å². The quantitative estimate of drug-likeness (QED) is 0.340. The van der Waals surface area contributed by atoms with Gasteiger partial charge in [-0.25, -0.2) is 0 Å². The molecule has 3 heterocycles. The summed E-state index contributed by atoms with van der Waals surface area (Å²) < 4.78 is 0. The number of fused-ring (bicyclic) bond motifs is 1. The highest BCUT2D eigenvalue weighted by Gasteiger charge is 2.53. The molecule has 1 fully saturated rings. The Bertz CT molecular complexity index is 1110. The molecule has 1 aromatic heterocycles. The van der Waals surface area contributed by atoms with Crippen molar-refractivity contribution in [2.45, 2.75) is 28.5 Å². The summed E-state index contributed by atoms with van der Waals surface area (Å²) in [6.07, 6.45) is 3.61. The predicted octanol–water partition coefficient (Wildman–Crippen LogP) is 0.253. The van der Waals surface area contributed by atoms with Gasteiger partial charge in [0.2, 0.25) is 5.91 Å². The number of carboxylic acids is 1. The standard InChI is InChI=1S/C23H24N4O4S3/c24-7-9-32-12-15-11-25-8-6-16(15)34-17-13-33-22-19(21(29)27(22)20(17)23(30)31)26-18(28)10-14-4-2-1-3-5-14/h1-6,8,11,19,22H,7,9-10,12-13,24H2,(H,26,28)(H,30,31)/t19-,22-/m1/s1. The molecule has 2 amide bonds. The van der Waals surface area contributed by atoms with E-state index >= 15 is 0 Å². The molecule has 0 spiro atoms. The molecule has 8 nitrogen and oxygen atoms in total. The van der Waals surface area contributed by atoms with Crippen molar-refractivity contribution in [1.29, 1.82) is 0 Å². The highest BCUT2D eigenvalue weighted by molar-refractivity contribution is 8.06. The van der Waals surface area contributed by atoms with Crippen LogP contribution >= 0.6 is 35.3 Å². The summed E-state index contributed by atoms with van der Waals surface area (Å²) in [5, 5.41) is 14.4. The Labute approximate surface area is 210 Å². The molecule has 0 radical (unpaired) electrons. The van der Waals surface area contributed by atoms with Crippen molar-refractivity contribution in [1.82, 2.24) is 15.2 Å². The van der Waals surface area contributed by atoms with Gasteiger partial charge in [0.05, 0.1) is 24.6 Å². The second kappa shape index (κ2) is 11.3. The normalized spacial score (nSPS) is 19.4. The third-order valence-corrected chi connectivity index (χ3v) is 9.05. The SMILES string of the molecule is [NH3+]CCSCc1cnccc1SC1=C(C(=O)[O-])N2C(=O)[C@@H](NC(=O)Cc3ccccc3)[C@H]2SC1. The number of β-lactam (4-membered cyclic amide) rings is 1. The van der Waals surface area contributed by atoms with E-state index in [1.165, 1.54) is 28.4 Å². The number of quaternary nitrogens is 1. The first-order valence-corrected chi connectivity index (χ1v) is 13.7. The number of carboxylic acid groups (broad SMARTS) is 1. The molecule has 2 aliphatic heterocycles. The van der Waals surface area contributed by atoms with Crippen LogP contribution in [0.4, 0.5) is 0 Å². The van der Waals surface area contributed by atoms with Gasteiger partial charge < -0.3 is 21.0 Å². The molecule has 4 rings (SSSR count). The van der Waals surface area contributed by atoms with Gasteiger partial charge >= 0.3 is 0 Å². The fraction of sp³-hybridized carbons (Fsp3) is 0.304. The van der Waals surface area contributed by atoms with Crippen LogP contribution in [-0.2, 0) is 26.6 Å². The van der Waals surface area contributed by atoms with Gasteiger partial charge in [-0.05, 0) is 17.2 Å². The fourth-order valence-corrected chi connectivity index (χ4v) is 7.16. The average molecular weight is 517 g/mol. The third-order valence-electron chi connectivity index (χ3n) is 5.29. The van der Waals surface area contributed by atoms with Crippen molar-refractivity contribution in [3.05, 3.63) is 70.5 Å². The molecular weight excluding hydrogens is 492 g/mol. The van der Waals surface area contributed by atoms with E-state index in [0.29, 0.717) is 10.7 Å². The number of aliphatic carboxylic acids is 1. The van der Waals surface area contributed by atoms with Gasteiger partial charge in [0, 0.05) is 39.5 Å². The maximum absolute atomic E-state index is 12.9. The summed E-state index contributed by atoms with van der Waals surface area (Å²) in [5.41, 5.74) is 5.58. The Hall–Kier alpha value is -2.47. The number of carbonyl (C=O) groups excluding carboxylic acids is 3. The summed E-state index contributed by atoms with van der Waals surface area (Å²) in [6.45, 7) is 0.825. The monoisotopic (exact) mass is 516 g/mol. The van der Waals surface area contributed by atoms with Crippen LogP contribution in [0.15, 0.2) is 64.3 Å². The number of rotatable bonds is 10. The van der Waals surface area contributed by atoms with Crippen LogP contribution in [0.1, 0.15) is 11.1 Å². The molecular formula is C23H24N4O4S3. The molecule has 1 saturated heterocycles. The van der Waals surface area contributed by atoms with Crippen LogP contribution in [0.3, 0.4) is 0 Å². The van der Waals surface area contributed by atoms with Gasteiger partial charge in [0.25, 0.3) is 5.91 Å². The van der Waals surface area contributed by atoms with E-state index in [-0.39, 0.29) is 18.0 Å². The number of carbonyl (C=O) groups is 3. The van der Waals surface area contributed by atoms with Crippen LogP contribution in [-0.4, -0.2) is 57.1 Å². The lowest BCUT2D eigenvalue weighted by atomic mass is 10.0. The minimum atomic E-state index is -1.39. The molecule has 4 N–H and O–H groups in total. The van der Waals surface area contributed by atoms with E-state index in [2.05, 4.69) is 16.0 Å². The minimum absolute atomic E-state index is 0.111. The van der Waals surface area contributed by atoms with Gasteiger partial charge in [-0.15, -0.1) is 11.8 Å². The molecule has 2 atom stereocenters.